The lowest BCUT2D eigenvalue weighted by molar-refractivity contribution is -0.142. The predicted octanol–water partition coefficient (Wildman–Crippen LogP) is 1.19. The molecule has 1 aliphatic heterocycles. The van der Waals surface area contributed by atoms with Crippen molar-refractivity contribution in [3.63, 3.8) is 0 Å². The van der Waals surface area contributed by atoms with Crippen molar-refractivity contribution in [3.8, 4) is 0 Å². The quantitative estimate of drug-likeness (QED) is 0.706. The van der Waals surface area contributed by atoms with Crippen LogP contribution in [0.2, 0.25) is 0 Å². The fraction of sp³-hybridized carbons (Fsp3) is 0.364. The van der Waals surface area contributed by atoms with Crippen molar-refractivity contribution >= 4 is 5.97 Å². The van der Waals surface area contributed by atoms with Crippen LogP contribution in [-0.2, 0) is 16.1 Å². The van der Waals surface area contributed by atoms with Crippen LogP contribution in [0.4, 0.5) is 4.39 Å². The first kappa shape index (κ1) is 10.1. The van der Waals surface area contributed by atoms with E-state index in [2.05, 4.69) is 10.1 Å². The SMILES string of the molecule is COC(=O)C1CNCc2ccc(F)cc21. The van der Waals surface area contributed by atoms with Gasteiger partial charge in [0.2, 0.25) is 0 Å². The highest BCUT2D eigenvalue weighted by atomic mass is 19.1. The summed E-state index contributed by atoms with van der Waals surface area (Å²) in [5.74, 6) is -1.03. The summed E-state index contributed by atoms with van der Waals surface area (Å²) >= 11 is 0. The van der Waals surface area contributed by atoms with E-state index >= 15 is 0 Å². The van der Waals surface area contributed by atoms with Crippen LogP contribution in [0.15, 0.2) is 18.2 Å². The number of halogens is 1. The topological polar surface area (TPSA) is 38.3 Å². The highest BCUT2D eigenvalue weighted by Crippen LogP contribution is 2.25. The number of carbonyl (C=O) groups excluding carboxylic acids is 1. The largest absolute Gasteiger partial charge is 0.469 e. The first-order valence-electron chi connectivity index (χ1n) is 4.79. The Hall–Kier alpha value is -1.42. The number of rotatable bonds is 1. The minimum absolute atomic E-state index is 0.315. The Morgan fingerprint density at radius 3 is 3.13 bits per heavy atom. The number of benzene rings is 1. The van der Waals surface area contributed by atoms with Crippen LogP contribution in [-0.4, -0.2) is 19.6 Å². The van der Waals surface area contributed by atoms with Gasteiger partial charge in [0.05, 0.1) is 13.0 Å². The molecule has 1 atom stereocenters. The number of nitrogens with one attached hydrogen (secondary N) is 1. The molecule has 0 amide bonds. The van der Waals surface area contributed by atoms with E-state index < -0.39 is 5.92 Å². The standard InChI is InChI=1S/C11H12FNO2/c1-15-11(14)10-6-13-5-7-2-3-8(12)4-9(7)10/h2-4,10,13H,5-6H2,1H3. The van der Waals surface area contributed by atoms with Gasteiger partial charge >= 0.3 is 5.97 Å². The second-order valence-corrected chi connectivity index (χ2v) is 3.55. The van der Waals surface area contributed by atoms with Gasteiger partial charge in [-0.25, -0.2) is 4.39 Å². The lowest BCUT2D eigenvalue weighted by Gasteiger charge is -2.24. The van der Waals surface area contributed by atoms with Gasteiger partial charge in [0.25, 0.3) is 0 Å². The maximum atomic E-state index is 13.1. The van der Waals surface area contributed by atoms with E-state index in [-0.39, 0.29) is 11.8 Å². The van der Waals surface area contributed by atoms with E-state index in [1.54, 1.807) is 6.07 Å². The predicted molar refractivity (Wildman–Crippen MR) is 52.9 cm³/mol. The van der Waals surface area contributed by atoms with E-state index in [1.165, 1.54) is 19.2 Å². The molecule has 0 fully saturated rings. The van der Waals surface area contributed by atoms with Crippen molar-refractivity contribution in [2.75, 3.05) is 13.7 Å². The van der Waals surface area contributed by atoms with Crippen LogP contribution in [0.1, 0.15) is 17.0 Å². The lowest BCUT2D eigenvalue weighted by atomic mass is 9.91. The van der Waals surface area contributed by atoms with Crippen molar-refractivity contribution < 1.29 is 13.9 Å². The van der Waals surface area contributed by atoms with E-state index in [9.17, 15) is 9.18 Å². The Morgan fingerprint density at radius 2 is 2.40 bits per heavy atom. The first-order chi connectivity index (χ1) is 7.22. The third-order valence-electron chi connectivity index (χ3n) is 2.63. The Labute approximate surface area is 87.2 Å². The fourth-order valence-corrected chi connectivity index (χ4v) is 1.86. The molecule has 1 aromatic rings. The van der Waals surface area contributed by atoms with E-state index in [0.717, 1.165) is 11.1 Å². The Morgan fingerprint density at radius 1 is 1.60 bits per heavy atom. The molecule has 4 heteroatoms. The molecule has 2 rings (SSSR count). The van der Waals surface area contributed by atoms with Gasteiger partial charge < -0.3 is 10.1 Å². The molecule has 3 nitrogen and oxygen atoms in total. The van der Waals surface area contributed by atoms with Gasteiger partial charge in [0.1, 0.15) is 5.82 Å². The second-order valence-electron chi connectivity index (χ2n) is 3.55. The monoisotopic (exact) mass is 209 g/mol. The molecule has 1 heterocycles. The van der Waals surface area contributed by atoms with E-state index in [1.807, 2.05) is 0 Å². The molecule has 80 valence electrons. The normalized spacial score (nSPS) is 19.5. The molecule has 1 aliphatic rings. The third kappa shape index (κ3) is 1.85. The zero-order chi connectivity index (χ0) is 10.8. The number of hydrogen-bond acceptors (Lipinski definition) is 3. The molecular weight excluding hydrogens is 197 g/mol. The summed E-state index contributed by atoms with van der Waals surface area (Å²) in [6, 6.07) is 4.52. The molecule has 0 saturated carbocycles. The van der Waals surface area contributed by atoms with Crippen molar-refractivity contribution in [1.29, 1.82) is 0 Å². The molecule has 1 N–H and O–H groups in total. The Bertz CT molecular complexity index is 392. The van der Waals surface area contributed by atoms with Gasteiger partial charge in [0.15, 0.2) is 0 Å². The minimum atomic E-state index is -0.394. The number of carbonyl (C=O) groups is 1. The summed E-state index contributed by atoms with van der Waals surface area (Å²) < 4.78 is 17.7. The highest BCUT2D eigenvalue weighted by molar-refractivity contribution is 5.79. The number of methoxy groups -OCH3 is 1. The van der Waals surface area contributed by atoms with Crippen molar-refractivity contribution in [2.24, 2.45) is 0 Å². The van der Waals surface area contributed by atoms with Crippen molar-refractivity contribution in [1.82, 2.24) is 5.32 Å². The highest BCUT2D eigenvalue weighted by Gasteiger charge is 2.27. The molecule has 0 bridgehead atoms. The molecule has 0 saturated heterocycles. The zero-order valence-corrected chi connectivity index (χ0v) is 8.42. The van der Waals surface area contributed by atoms with Gasteiger partial charge in [-0.15, -0.1) is 0 Å². The van der Waals surface area contributed by atoms with E-state index in [0.29, 0.717) is 13.1 Å². The van der Waals surface area contributed by atoms with Gasteiger partial charge in [-0.3, -0.25) is 4.79 Å². The van der Waals surface area contributed by atoms with Crippen molar-refractivity contribution in [3.05, 3.63) is 35.1 Å². The van der Waals surface area contributed by atoms with Gasteiger partial charge in [-0.2, -0.15) is 0 Å². The van der Waals surface area contributed by atoms with Crippen LogP contribution in [0.5, 0.6) is 0 Å². The summed E-state index contributed by atoms with van der Waals surface area (Å²) in [6.07, 6.45) is 0. The maximum Gasteiger partial charge on any atom is 0.314 e. The van der Waals surface area contributed by atoms with Crippen molar-refractivity contribution in [2.45, 2.75) is 12.5 Å². The summed E-state index contributed by atoms with van der Waals surface area (Å²) in [7, 11) is 1.34. The smallest absolute Gasteiger partial charge is 0.314 e. The number of hydrogen-bond donors (Lipinski definition) is 1. The molecule has 1 unspecified atom stereocenters. The lowest BCUT2D eigenvalue weighted by Crippen LogP contribution is -2.33. The molecule has 0 aromatic heterocycles. The van der Waals surface area contributed by atoms with Gasteiger partial charge in [-0.05, 0) is 23.3 Å². The zero-order valence-electron chi connectivity index (χ0n) is 8.42. The van der Waals surface area contributed by atoms with E-state index in [4.69, 9.17) is 0 Å². The second kappa shape index (κ2) is 3.98. The van der Waals surface area contributed by atoms with Crippen LogP contribution >= 0.6 is 0 Å². The molecular formula is C11H12FNO2. The molecule has 1 aromatic carbocycles. The summed E-state index contributed by atoms with van der Waals surface area (Å²) in [6.45, 7) is 1.17. The third-order valence-corrected chi connectivity index (χ3v) is 2.63. The Balaban J connectivity index is 2.40. The van der Waals surface area contributed by atoms with Gasteiger partial charge in [0, 0.05) is 13.1 Å². The average molecular weight is 209 g/mol. The minimum Gasteiger partial charge on any atom is -0.469 e. The fourth-order valence-electron chi connectivity index (χ4n) is 1.86. The molecule has 15 heavy (non-hydrogen) atoms. The molecule has 0 spiro atoms. The molecule has 0 aliphatic carbocycles. The summed E-state index contributed by atoms with van der Waals surface area (Å²) in [4.78, 5) is 11.5. The maximum absolute atomic E-state index is 13.1. The van der Waals surface area contributed by atoms with Crippen LogP contribution in [0.3, 0.4) is 0 Å². The number of esters is 1. The average Bonchev–Trinajstić information content (AvgIpc) is 2.27. The summed E-state index contributed by atoms with van der Waals surface area (Å²) in [5, 5.41) is 3.10. The van der Waals surface area contributed by atoms with Crippen LogP contribution in [0, 0.1) is 5.82 Å². The number of fused-ring (bicyclic) bond motifs is 1. The summed E-state index contributed by atoms with van der Waals surface area (Å²) in [5.41, 5.74) is 1.69. The first-order valence-corrected chi connectivity index (χ1v) is 4.79. The van der Waals surface area contributed by atoms with Gasteiger partial charge in [-0.1, -0.05) is 6.07 Å². The van der Waals surface area contributed by atoms with Crippen LogP contribution in [0.25, 0.3) is 0 Å². The van der Waals surface area contributed by atoms with Crippen LogP contribution < -0.4 is 5.32 Å². The Kier molecular flexibility index (Phi) is 2.68. The number of ether oxygens (including phenoxy) is 1. The molecule has 0 radical (unpaired) electrons.